The fraction of sp³-hybridized carbons (Fsp3) is 0.273. The van der Waals surface area contributed by atoms with Crippen molar-refractivity contribution in [3.63, 3.8) is 0 Å². The van der Waals surface area contributed by atoms with Gasteiger partial charge in [0, 0.05) is 12.4 Å². The van der Waals surface area contributed by atoms with Crippen LogP contribution < -0.4 is 10.5 Å². The largest absolute Gasteiger partial charge is 0.464 e. The lowest BCUT2D eigenvalue weighted by Gasteiger charge is -2.11. The predicted molar refractivity (Wildman–Crippen MR) is 63.6 cm³/mol. The van der Waals surface area contributed by atoms with E-state index < -0.39 is 11.7 Å². The quantitative estimate of drug-likeness (QED) is 0.927. The lowest BCUT2D eigenvalue weighted by molar-refractivity contribution is -0.137. The van der Waals surface area contributed by atoms with E-state index in [0.29, 0.717) is 0 Å². The average molecular weight is 285 g/mol. The number of rotatable bonds is 3. The van der Waals surface area contributed by atoms with Gasteiger partial charge in [-0.2, -0.15) is 28.1 Å². The van der Waals surface area contributed by atoms with Crippen molar-refractivity contribution in [3.8, 4) is 17.4 Å². The van der Waals surface area contributed by atoms with E-state index in [1.807, 2.05) is 0 Å². The number of nitrogens with two attached hydrogens (primary N) is 1. The third-order valence-electron chi connectivity index (χ3n) is 2.27. The van der Waals surface area contributed by atoms with Crippen LogP contribution in [0, 0.1) is 0 Å². The highest BCUT2D eigenvalue weighted by atomic mass is 19.4. The summed E-state index contributed by atoms with van der Waals surface area (Å²) in [4.78, 5) is 14.8. The van der Waals surface area contributed by atoms with E-state index in [-0.39, 0.29) is 30.0 Å². The molecule has 20 heavy (non-hydrogen) atoms. The summed E-state index contributed by atoms with van der Waals surface area (Å²) in [5.41, 5.74) is 4.26. The van der Waals surface area contributed by atoms with Crippen molar-refractivity contribution in [2.24, 2.45) is 0 Å². The molecule has 6 nitrogen and oxygen atoms in total. The zero-order valence-corrected chi connectivity index (χ0v) is 10.3. The number of pyridine rings is 1. The highest BCUT2D eigenvalue weighted by molar-refractivity contribution is 5.60. The Bertz CT molecular complexity index is 617. The molecule has 0 amide bonds. The summed E-state index contributed by atoms with van der Waals surface area (Å²) in [7, 11) is 0. The molecule has 106 valence electrons. The molecule has 0 bridgehead atoms. The van der Waals surface area contributed by atoms with Crippen molar-refractivity contribution in [1.82, 2.24) is 19.9 Å². The monoisotopic (exact) mass is 285 g/mol. The van der Waals surface area contributed by atoms with Crippen LogP contribution in [0.25, 0.3) is 11.4 Å². The molecule has 0 aliphatic heterocycles. The van der Waals surface area contributed by atoms with E-state index in [0.717, 1.165) is 18.5 Å². The minimum absolute atomic E-state index is 0.132. The van der Waals surface area contributed by atoms with Crippen LogP contribution in [0.2, 0.25) is 0 Å². The number of halogens is 3. The summed E-state index contributed by atoms with van der Waals surface area (Å²) < 4.78 is 43.8. The van der Waals surface area contributed by atoms with Crippen LogP contribution in [-0.4, -0.2) is 26.5 Å². The maximum atomic E-state index is 12.9. The summed E-state index contributed by atoms with van der Waals surface area (Å²) in [6, 6.07) is 0.710. The van der Waals surface area contributed by atoms with Crippen LogP contribution >= 0.6 is 0 Å². The van der Waals surface area contributed by atoms with E-state index in [2.05, 4.69) is 19.9 Å². The molecule has 2 aromatic rings. The minimum Gasteiger partial charge on any atom is -0.464 e. The van der Waals surface area contributed by atoms with Gasteiger partial charge in [0.15, 0.2) is 5.82 Å². The van der Waals surface area contributed by atoms with Gasteiger partial charge in [0.05, 0.1) is 17.7 Å². The first-order chi connectivity index (χ1) is 9.41. The van der Waals surface area contributed by atoms with E-state index >= 15 is 0 Å². The molecule has 9 heteroatoms. The Balaban J connectivity index is 2.57. The summed E-state index contributed by atoms with van der Waals surface area (Å²) >= 11 is 0. The number of nitrogens with zero attached hydrogens (tertiary/aromatic N) is 4. The van der Waals surface area contributed by atoms with Crippen molar-refractivity contribution < 1.29 is 17.9 Å². The zero-order valence-electron chi connectivity index (χ0n) is 10.3. The number of aromatic nitrogens is 4. The normalized spacial score (nSPS) is 11.4. The number of ether oxygens (including phenoxy) is 1. The summed E-state index contributed by atoms with van der Waals surface area (Å²) in [5.74, 6) is -0.461. The topological polar surface area (TPSA) is 86.8 Å². The highest BCUT2D eigenvalue weighted by Gasteiger charge is 2.34. The van der Waals surface area contributed by atoms with Gasteiger partial charge in [-0.3, -0.25) is 4.98 Å². The Kier molecular flexibility index (Phi) is 3.68. The molecular weight excluding hydrogens is 275 g/mol. The second-order valence-electron chi connectivity index (χ2n) is 3.65. The van der Waals surface area contributed by atoms with Crippen molar-refractivity contribution in [2.45, 2.75) is 13.1 Å². The van der Waals surface area contributed by atoms with Gasteiger partial charge in [-0.15, -0.1) is 0 Å². The van der Waals surface area contributed by atoms with Crippen molar-refractivity contribution in [3.05, 3.63) is 24.0 Å². The average Bonchev–Trinajstić information content (AvgIpc) is 2.37. The number of hydrogen-bond acceptors (Lipinski definition) is 6. The van der Waals surface area contributed by atoms with Gasteiger partial charge in [-0.25, -0.2) is 0 Å². The molecule has 0 atom stereocenters. The van der Waals surface area contributed by atoms with Crippen molar-refractivity contribution in [2.75, 3.05) is 12.3 Å². The molecular formula is C11H10F3N5O. The summed E-state index contributed by atoms with van der Waals surface area (Å²) in [6.45, 7) is 1.94. The van der Waals surface area contributed by atoms with Gasteiger partial charge in [-0.05, 0) is 13.0 Å². The number of anilines is 1. The Morgan fingerprint density at radius 2 is 2.00 bits per heavy atom. The molecule has 0 aliphatic carbocycles. The molecule has 0 radical (unpaired) electrons. The van der Waals surface area contributed by atoms with Crippen LogP contribution in [0.4, 0.5) is 19.1 Å². The van der Waals surface area contributed by atoms with Gasteiger partial charge >= 0.3 is 12.2 Å². The summed E-state index contributed by atoms with van der Waals surface area (Å²) in [6.07, 6.45) is -2.49. The molecule has 0 spiro atoms. The van der Waals surface area contributed by atoms with E-state index in [4.69, 9.17) is 10.5 Å². The molecule has 0 saturated heterocycles. The maximum Gasteiger partial charge on any atom is 0.417 e. The van der Waals surface area contributed by atoms with Crippen LogP contribution in [0.3, 0.4) is 0 Å². The van der Waals surface area contributed by atoms with Crippen LogP contribution in [0.5, 0.6) is 6.01 Å². The van der Waals surface area contributed by atoms with Crippen molar-refractivity contribution >= 4 is 5.95 Å². The number of alkyl halides is 3. The van der Waals surface area contributed by atoms with Gasteiger partial charge < -0.3 is 10.5 Å². The van der Waals surface area contributed by atoms with Gasteiger partial charge in [0.1, 0.15) is 0 Å². The molecule has 0 fully saturated rings. The number of nitrogen functional groups attached to an aromatic ring is 1. The Morgan fingerprint density at radius 1 is 1.25 bits per heavy atom. The highest BCUT2D eigenvalue weighted by Crippen LogP contribution is 2.35. The standard InChI is InChI=1S/C11H10F3N5O/c1-2-20-10-18-8(17-9(15)19-10)6-5-16-4-3-7(6)11(12,13)14/h3-5H,2H2,1H3,(H2,15,17,18,19). The molecule has 0 aliphatic rings. The van der Waals surface area contributed by atoms with Gasteiger partial charge in [-0.1, -0.05) is 0 Å². The molecule has 0 unspecified atom stereocenters. The van der Waals surface area contributed by atoms with E-state index in [9.17, 15) is 13.2 Å². The minimum atomic E-state index is -4.55. The van der Waals surface area contributed by atoms with E-state index in [1.165, 1.54) is 0 Å². The molecule has 0 aromatic carbocycles. The Labute approximate surface area is 111 Å². The van der Waals surface area contributed by atoms with Gasteiger partial charge in [0.2, 0.25) is 5.95 Å². The zero-order chi connectivity index (χ0) is 14.8. The molecule has 2 N–H and O–H groups in total. The molecule has 2 aromatic heterocycles. The fourth-order valence-electron chi connectivity index (χ4n) is 1.51. The second kappa shape index (κ2) is 5.27. The lowest BCUT2D eigenvalue weighted by Crippen LogP contribution is -2.10. The maximum absolute atomic E-state index is 12.9. The van der Waals surface area contributed by atoms with Crippen LogP contribution in [-0.2, 0) is 6.18 Å². The summed E-state index contributed by atoms with van der Waals surface area (Å²) in [5, 5.41) is 0. The number of hydrogen-bond donors (Lipinski definition) is 1. The Hall–Kier alpha value is -2.45. The first-order valence-corrected chi connectivity index (χ1v) is 5.57. The smallest absolute Gasteiger partial charge is 0.417 e. The first-order valence-electron chi connectivity index (χ1n) is 5.57. The van der Waals surface area contributed by atoms with Gasteiger partial charge in [0.25, 0.3) is 0 Å². The Morgan fingerprint density at radius 3 is 2.65 bits per heavy atom. The lowest BCUT2D eigenvalue weighted by atomic mass is 10.1. The molecule has 0 saturated carbocycles. The van der Waals surface area contributed by atoms with Crippen LogP contribution in [0.1, 0.15) is 12.5 Å². The van der Waals surface area contributed by atoms with E-state index in [1.54, 1.807) is 6.92 Å². The first kappa shape index (κ1) is 14.0. The van der Waals surface area contributed by atoms with Crippen LogP contribution in [0.15, 0.2) is 18.5 Å². The predicted octanol–water partition coefficient (Wildman–Crippen LogP) is 1.93. The molecule has 2 rings (SSSR count). The third kappa shape index (κ3) is 2.92. The second-order valence-corrected chi connectivity index (χ2v) is 3.65. The SMILES string of the molecule is CCOc1nc(N)nc(-c2cnccc2C(F)(F)F)n1. The third-order valence-corrected chi connectivity index (χ3v) is 2.27. The molecule has 2 heterocycles. The van der Waals surface area contributed by atoms with Crippen molar-refractivity contribution in [1.29, 1.82) is 0 Å². The fourth-order valence-corrected chi connectivity index (χ4v) is 1.51.